The van der Waals surface area contributed by atoms with Crippen molar-refractivity contribution in [2.45, 2.75) is 46.6 Å². The molecule has 2 rings (SSSR count). The molecule has 0 saturated heterocycles. The van der Waals surface area contributed by atoms with E-state index in [1.807, 2.05) is 23.7 Å². The summed E-state index contributed by atoms with van der Waals surface area (Å²) in [4.78, 5) is 12.0. The van der Waals surface area contributed by atoms with Crippen LogP contribution in [0.2, 0.25) is 0 Å². The average molecular weight is 315 g/mol. The lowest BCUT2D eigenvalue weighted by Gasteiger charge is -2.06. The molecule has 1 amide bonds. The summed E-state index contributed by atoms with van der Waals surface area (Å²) in [7, 11) is 0. The Kier molecular flexibility index (Phi) is 5.79. The number of benzene rings is 1. The van der Waals surface area contributed by atoms with Crippen LogP contribution in [0, 0.1) is 13.8 Å². The maximum atomic E-state index is 12.0. The van der Waals surface area contributed by atoms with Crippen LogP contribution in [0.1, 0.15) is 35.9 Å². The van der Waals surface area contributed by atoms with E-state index in [9.17, 15) is 9.90 Å². The van der Waals surface area contributed by atoms with Crippen molar-refractivity contribution in [1.29, 1.82) is 0 Å². The molecule has 2 N–H and O–H groups in total. The summed E-state index contributed by atoms with van der Waals surface area (Å²) in [6, 6.07) is 7.06. The molecular weight excluding hydrogens is 290 g/mol. The molecular formula is C18H25N3O2. The second-order valence-electron chi connectivity index (χ2n) is 5.73. The van der Waals surface area contributed by atoms with Gasteiger partial charge in [0.25, 0.3) is 0 Å². The average Bonchev–Trinajstić information content (AvgIpc) is 2.81. The summed E-state index contributed by atoms with van der Waals surface area (Å²) >= 11 is 0. The van der Waals surface area contributed by atoms with Crippen LogP contribution in [0.5, 0.6) is 5.75 Å². The van der Waals surface area contributed by atoms with E-state index in [1.165, 1.54) is 5.56 Å². The number of hydrogen-bond donors (Lipinski definition) is 2. The lowest BCUT2D eigenvalue weighted by Crippen LogP contribution is -2.26. The minimum Gasteiger partial charge on any atom is -0.508 e. The Bertz CT molecular complexity index is 660. The number of rotatable bonds is 7. The van der Waals surface area contributed by atoms with Gasteiger partial charge in [-0.05, 0) is 56.9 Å². The minimum atomic E-state index is 0.0619. The van der Waals surface area contributed by atoms with E-state index >= 15 is 0 Å². The largest absolute Gasteiger partial charge is 0.508 e. The van der Waals surface area contributed by atoms with Crippen molar-refractivity contribution in [1.82, 2.24) is 15.1 Å². The van der Waals surface area contributed by atoms with E-state index in [2.05, 4.69) is 24.3 Å². The van der Waals surface area contributed by atoms with E-state index < -0.39 is 0 Å². The predicted molar refractivity (Wildman–Crippen MR) is 90.5 cm³/mol. The number of phenols is 1. The third-order valence-corrected chi connectivity index (χ3v) is 4.11. The highest BCUT2D eigenvalue weighted by Gasteiger charge is 2.12. The smallest absolute Gasteiger partial charge is 0.220 e. The summed E-state index contributed by atoms with van der Waals surface area (Å²) in [5.74, 6) is 0.322. The fourth-order valence-electron chi connectivity index (χ4n) is 2.74. The highest BCUT2D eigenvalue weighted by atomic mass is 16.3. The monoisotopic (exact) mass is 315 g/mol. The molecule has 1 aromatic carbocycles. The SMILES string of the molecule is CCn1nc(C)c(CCC(=O)NCCc2ccc(O)cc2)c1C. The van der Waals surface area contributed by atoms with E-state index in [4.69, 9.17) is 0 Å². The van der Waals surface area contributed by atoms with Gasteiger partial charge < -0.3 is 10.4 Å². The summed E-state index contributed by atoms with van der Waals surface area (Å²) in [5.41, 5.74) is 4.45. The van der Waals surface area contributed by atoms with Crippen LogP contribution in [-0.2, 0) is 24.2 Å². The summed E-state index contributed by atoms with van der Waals surface area (Å²) in [5, 5.41) is 16.7. The molecule has 2 aromatic rings. The van der Waals surface area contributed by atoms with E-state index in [0.717, 1.165) is 36.3 Å². The Hall–Kier alpha value is -2.30. The van der Waals surface area contributed by atoms with Crippen LogP contribution in [0.25, 0.3) is 0 Å². The molecule has 5 nitrogen and oxygen atoms in total. The highest BCUT2D eigenvalue weighted by Crippen LogP contribution is 2.15. The molecule has 0 spiro atoms. The van der Waals surface area contributed by atoms with E-state index in [0.29, 0.717) is 13.0 Å². The molecule has 0 aliphatic heterocycles. The quantitative estimate of drug-likeness (QED) is 0.825. The second kappa shape index (κ2) is 7.81. The first kappa shape index (κ1) is 17.1. The lowest BCUT2D eigenvalue weighted by molar-refractivity contribution is -0.121. The van der Waals surface area contributed by atoms with E-state index in [-0.39, 0.29) is 11.7 Å². The molecule has 0 atom stereocenters. The fraction of sp³-hybridized carbons (Fsp3) is 0.444. The van der Waals surface area contributed by atoms with Gasteiger partial charge in [-0.2, -0.15) is 5.10 Å². The number of carbonyl (C=O) groups is 1. The third kappa shape index (κ3) is 4.58. The van der Waals surface area contributed by atoms with Crippen LogP contribution in [0.4, 0.5) is 0 Å². The normalized spacial score (nSPS) is 10.7. The molecule has 1 aromatic heterocycles. The Morgan fingerprint density at radius 3 is 2.52 bits per heavy atom. The number of hydrogen-bond acceptors (Lipinski definition) is 3. The van der Waals surface area contributed by atoms with Crippen molar-refractivity contribution in [3.05, 3.63) is 46.8 Å². The number of aromatic hydroxyl groups is 1. The molecule has 5 heteroatoms. The number of aryl methyl sites for hydroxylation is 2. The number of aromatic nitrogens is 2. The Balaban J connectivity index is 1.77. The van der Waals surface area contributed by atoms with Gasteiger partial charge in [0.05, 0.1) is 5.69 Å². The van der Waals surface area contributed by atoms with Crippen molar-refractivity contribution < 1.29 is 9.90 Å². The predicted octanol–water partition coefficient (Wildman–Crippen LogP) is 2.52. The van der Waals surface area contributed by atoms with Gasteiger partial charge in [0, 0.05) is 25.2 Å². The van der Waals surface area contributed by atoms with Gasteiger partial charge in [-0.1, -0.05) is 12.1 Å². The van der Waals surface area contributed by atoms with Crippen molar-refractivity contribution >= 4 is 5.91 Å². The molecule has 0 radical (unpaired) electrons. The summed E-state index contributed by atoms with van der Waals surface area (Å²) in [6.07, 6.45) is 1.97. The van der Waals surface area contributed by atoms with Crippen molar-refractivity contribution in [3.8, 4) is 5.75 Å². The van der Waals surface area contributed by atoms with Crippen LogP contribution in [0.3, 0.4) is 0 Å². The molecule has 0 aliphatic rings. The molecule has 23 heavy (non-hydrogen) atoms. The Morgan fingerprint density at radius 2 is 1.91 bits per heavy atom. The lowest BCUT2D eigenvalue weighted by atomic mass is 10.1. The fourth-order valence-corrected chi connectivity index (χ4v) is 2.74. The van der Waals surface area contributed by atoms with Gasteiger partial charge in [-0.3, -0.25) is 9.48 Å². The maximum absolute atomic E-state index is 12.0. The summed E-state index contributed by atoms with van der Waals surface area (Å²) in [6.45, 7) is 7.58. The molecule has 0 aliphatic carbocycles. The standard InChI is InChI=1S/C18H25N3O2/c1-4-21-14(3)17(13(2)20-21)9-10-18(23)19-12-11-15-5-7-16(22)8-6-15/h5-8,22H,4,9-12H2,1-3H3,(H,19,23). The first-order valence-corrected chi connectivity index (χ1v) is 8.08. The molecule has 0 unspecified atom stereocenters. The van der Waals surface area contributed by atoms with Crippen LogP contribution in [0.15, 0.2) is 24.3 Å². The molecule has 0 fully saturated rings. The topological polar surface area (TPSA) is 67.2 Å². The van der Waals surface area contributed by atoms with Gasteiger partial charge >= 0.3 is 0 Å². The maximum Gasteiger partial charge on any atom is 0.220 e. The Morgan fingerprint density at radius 1 is 1.22 bits per heavy atom. The first-order valence-electron chi connectivity index (χ1n) is 8.08. The zero-order valence-corrected chi connectivity index (χ0v) is 14.1. The van der Waals surface area contributed by atoms with Crippen LogP contribution < -0.4 is 5.32 Å². The zero-order chi connectivity index (χ0) is 16.8. The van der Waals surface area contributed by atoms with Crippen molar-refractivity contribution in [2.75, 3.05) is 6.54 Å². The number of nitrogens with zero attached hydrogens (tertiary/aromatic N) is 2. The second-order valence-corrected chi connectivity index (χ2v) is 5.73. The van der Waals surface area contributed by atoms with Crippen LogP contribution >= 0.6 is 0 Å². The number of nitrogens with one attached hydrogen (secondary N) is 1. The summed E-state index contributed by atoms with van der Waals surface area (Å²) < 4.78 is 1.98. The molecule has 1 heterocycles. The van der Waals surface area contributed by atoms with Gasteiger partial charge in [-0.15, -0.1) is 0 Å². The number of amides is 1. The van der Waals surface area contributed by atoms with Gasteiger partial charge in [-0.25, -0.2) is 0 Å². The molecule has 0 bridgehead atoms. The Labute approximate surface area is 137 Å². The van der Waals surface area contributed by atoms with E-state index in [1.54, 1.807) is 12.1 Å². The number of carbonyl (C=O) groups excluding carboxylic acids is 1. The van der Waals surface area contributed by atoms with Crippen molar-refractivity contribution in [3.63, 3.8) is 0 Å². The number of phenolic OH excluding ortho intramolecular Hbond substituents is 1. The first-order chi connectivity index (χ1) is 11.0. The van der Waals surface area contributed by atoms with Gasteiger partial charge in [0.1, 0.15) is 5.75 Å². The third-order valence-electron chi connectivity index (χ3n) is 4.11. The molecule has 124 valence electrons. The van der Waals surface area contributed by atoms with Gasteiger partial charge in [0.15, 0.2) is 0 Å². The zero-order valence-electron chi connectivity index (χ0n) is 14.1. The van der Waals surface area contributed by atoms with Crippen molar-refractivity contribution in [2.24, 2.45) is 0 Å². The minimum absolute atomic E-state index is 0.0619. The van der Waals surface area contributed by atoms with Gasteiger partial charge in [0.2, 0.25) is 5.91 Å². The highest BCUT2D eigenvalue weighted by molar-refractivity contribution is 5.76. The molecule has 0 saturated carbocycles. The van der Waals surface area contributed by atoms with Crippen LogP contribution in [-0.4, -0.2) is 27.3 Å².